The maximum atomic E-state index is 12.9. The van der Waals surface area contributed by atoms with Crippen molar-refractivity contribution in [2.24, 2.45) is 0 Å². The number of phosphoric acid groups is 1. The van der Waals surface area contributed by atoms with Gasteiger partial charge in [-0.25, -0.2) is 0 Å². The van der Waals surface area contributed by atoms with Crippen molar-refractivity contribution in [1.82, 2.24) is 5.32 Å². The Kier molecular flexibility index (Phi) is 48.2. The first-order valence-corrected chi connectivity index (χ1v) is 30.2. The summed E-state index contributed by atoms with van der Waals surface area (Å²) in [6.07, 6.45) is 61.4. The normalized spacial score (nSPS) is 14.1. The van der Waals surface area contributed by atoms with E-state index in [1.807, 2.05) is 27.2 Å². The van der Waals surface area contributed by atoms with Crippen LogP contribution in [0, 0.1) is 0 Å². The van der Waals surface area contributed by atoms with E-state index in [4.69, 9.17) is 9.05 Å². The first-order valence-electron chi connectivity index (χ1n) is 28.7. The van der Waals surface area contributed by atoms with E-state index in [1.54, 1.807) is 6.08 Å². The lowest BCUT2D eigenvalue weighted by Gasteiger charge is -2.29. The first kappa shape index (κ1) is 65.0. The Labute approximate surface area is 411 Å². The summed E-state index contributed by atoms with van der Waals surface area (Å²) in [5, 5.41) is 13.8. The predicted molar refractivity (Wildman–Crippen MR) is 284 cm³/mol. The lowest BCUT2D eigenvalue weighted by molar-refractivity contribution is -0.870. The van der Waals surface area contributed by atoms with E-state index in [0.29, 0.717) is 17.4 Å². The number of phosphoric ester groups is 1. The van der Waals surface area contributed by atoms with Crippen LogP contribution in [0.3, 0.4) is 0 Å². The minimum atomic E-state index is -4.60. The molecule has 392 valence electrons. The lowest BCUT2D eigenvalue weighted by Crippen LogP contribution is -2.45. The van der Waals surface area contributed by atoms with E-state index in [0.717, 1.165) is 38.5 Å². The molecule has 0 aliphatic carbocycles. The molecule has 9 heteroatoms. The summed E-state index contributed by atoms with van der Waals surface area (Å²) in [6, 6.07) is -0.899. The molecule has 66 heavy (non-hydrogen) atoms. The van der Waals surface area contributed by atoms with Crippen LogP contribution in [0.15, 0.2) is 24.3 Å². The Morgan fingerprint density at radius 1 is 0.515 bits per heavy atom. The van der Waals surface area contributed by atoms with Gasteiger partial charge in [0, 0.05) is 6.42 Å². The molecule has 0 aromatic rings. The van der Waals surface area contributed by atoms with Gasteiger partial charge in [-0.2, -0.15) is 0 Å². The molecule has 0 saturated carbocycles. The van der Waals surface area contributed by atoms with Gasteiger partial charge in [-0.3, -0.25) is 9.36 Å². The minimum absolute atomic E-state index is 0.00403. The number of rotatable bonds is 53. The van der Waals surface area contributed by atoms with Crippen molar-refractivity contribution in [3.63, 3.8) is 0 Å². The lowest BCUT2D eigenvalue weighted by atomic mass is 10.0. The van der Waals surface area contributed by atoms with Gasteiger partial charge in [0.2, 0.25) is 5.91 Å². The number of carbonyl (C=O) groups is 1. The number of likely N-dealkylation sites (N-methyl/N-ethyl adjacent to an activating group) is 1. The molecule has 0 aliphatic rings. The number of hydrogen-bond acceptors (Lipinski definition) is 6. The molecule has 1 amide bonds. The second-order valence-corrected chi connectivity index (χ2v) is 22.4. The minimum Gasteiger partial charge on any atom is -0.756 e. The highest BCUT2D eigenvalue weighted by Gasteiger charge is 2.23. The zero-order chi connectivity index (χ0) is 48.5. The van der Waals surface area contributed by atoms with Crippen LogP contribution in [-0.4, -0.2) is 68.5 Å². The molecule has 8 nitrogen and oxygen atoms in total. The van der Waals surface area contributed by atoms with Gasteiger partial charge in [0.05, 0.1) is 39.9 Å². The number of carbonyl (C=O) groups excluding carboxylic acids is 1. The third-order valence-corrected chi connectivity index (χ3v) is 14.1. The van der Waals surface area contributed by atoms with Crippen molar-refractivity contribution in [3.8, 4) is 0 Å². The maximum absolute atomic E-state index is 12.9. The summed E-state index contributed by atoms with van der Waals surface area (Å²) in [5.74, 6) is -0.205. The molecule has 0 aromatic carbocycles. The zero-order valence-corrected chi connectivity index (χ0v) is 45.6. The van der Waals surface area contributed by atoms with Crippen molar-refractivity contribution < 1.29 is 32.9 Å². The fourth-order valence-electron chi connectivity index (χ4n) is 8.64. The van der Waals surface area contributed by atoms with Crippen molar-refractivity contribution in [2.45, 2.75) is 296 Å². The van der Waals surface area contributed by atoms with Crippen molar-refractivity contribution in [1.29, 1.82) is 0 Å². The molecule has 0 rings (SSSR count). The average Bonchev–Trinajstić information content (AvgIpc) is 3.28. The molecule has 0 radical (unpaired) electrons. The number of nitrogens with one attached hydrogen (secondary N) is 1. The topological polar surface area (TPSA) is 108 Å². The summed E-state index contributed by atoms with van der Waals surface area (Å²) in [5.41, 5.74) is 0. The molecule has 3 atom stereocenters. The quantitative estimate of drug-likeness (QED) is 0.0272. The van der Waals surface area contributed by atoms with Crippen LogP contribution >= 0.6 is 7.82 Å². The molecule has 2 N–H and O–H groups in total. The second-order valence-electron chi connectivity index (χ2n) is 21.0. The molecule has 0 heterocycles. The molecule has 0 spiro atoms. The highest BCUT2D eigenvalue weighted by atomic mass is 31.2. The number of hydrogen-bond donors (Lipinski definition) is 2. The molecular formula is C57H113N2O6P. The smallest absolute Gasteiger partial charge is 0.268 e. The highest BCUT2D eigenvalue weighted by Crippen LogP contribution is 2.38. The van der Waals surface area contributed by atoms with Gasteiger partial charge in [0.25, 0.3) is 7.82 Å². The van der Waals surface area contributed by atoms with E-state index < -0.39 is 20.0 Å². The van der Waals surface area contributed by atoms with Crippen LogP contribution in [0.25, 0.3) is 0 Å². The SMILES string of the molecule is CCCCCCCCCCCCCCCCCCCCCCCCCCCC/C=C/CC/C=C/C(O)C(COP(=O)([O-])OCC[N+](C)(C)C)NC(=O)CCCCCCCCCCCCCC. The Morgan fingerprint density at radius 3 is 1.23 bits per heavy atom. The van der Waals surface area contributed by atoms with Crippen LogP contribution in [0.5, 0.6) is 0 Å². The standard InChI is InChI=1S/C57H113N2O6P/c1-6-8-10-12-14-16-18-20-21-22-23-24-25-26-27-28-29-30-31-32-33-34-35-36-37-38-39-40-42-44-46-48-50-56(60)55(54-65-66(62,63)64-53-52-59(3,4)5)58-57(61)51-49-47-45-43-41-19-17-15-13-11-9-7-2/h40,42,48,50,55-56,60H,6-39,41,43-47,49,51-54H2,1-5H3,(H-,58,61,62,63)/b42-40+,50-48+. The number of nitrogens with zero attached hydrogens (tertiary/aromatic N) is 1. The van der Waals surface area contributed by atoms with Gasteiger partial charge in [0.15, 0.2) is 0 Å². The maximum Gasteiger partial charge on any atom is 0.268 e. The first-order chi connectivity index (χ1) is 32.0. The average molecular weight is 954 g/mol. The van der Waals surface area contributed by atoms with Gasteiger partial charge in [0.1, 0.15) is 13.2 Å². The van der Waals surface area contributed by atoms with Crippen molar-refractivity contribution in [2.75, 3.05) is 40.9 Å². The van der Waals surface area contributed by atoms with Gasteiger partial charge in [-0.05, 0) is 32.1 Å². The van der Waals surface area contributed by atoms with E-state index in [2.05, 4.69) is 31.3 Å². The Morgan fingerprint density at radius 2 is 0.848 bits per heavy atom. The third kappa shape index (κ3) is 50.8. The molecule has 0 bridgehead atoms. The monoisotopic (exact) mass is 953 g/mol. The number of aliphatic hydroxyl groups is 1. The summed E-state index contributed by atoms with van der Waals surface area (Å²) >= 11 is 0. The zero-order valence-electron chi connectivity index (χ0n) is 44.7. The second kappa shape index (κ2) is 49.0. The summed E-state index contributed by atoms with van der Waals surface area (Å²) in [6.45, 7) is 4.65. The van der Waals surface area contributed by atoms with E-state index in [1.165, 1.54) is 225 Å². The molecular weight excluding hydrogens is 840 g/mol. The van der Waals surface area contributed by atoms with Gasteiger partial charge >= 0.3 is 0 Å². The van der Waals surface area contributed by atoms with Crippen LogP contribution in [0.2, 0.25) is 0 Å². The van der Waals surface area contributed by atoms with Crippen molar-refractivity contribution in [3.05, 3.63) is 24.3 Å². The van der Waals surface area contributed by atoms with Gasteiger partial charge in [-0.1, -0.05) is 269 Å². The molecule has 0 aliphatic heterocycles. The number of allylic oxidation sites excluding steroid dienone is 3. The molecule has 0 fully saturated rings. The Balaban J connectivity index is 4.07. The fourth-order valence-corrected chi connectivity index (χ4v) is 9.37. The van der Waals surface area contributed by atoms with Gasteiger partial charge in [-0.15, -0.1) is 0 Å². The molecule has 0 saturated heterocycles. The Bertz CT molecular complexity index is 1130. The number of amides is 1. The van der Waals surface area contributed by atoms with E-state index >= 15 is 0 Å². The van der Waals surface area contributed by atoms with Crippen LogP contribution in [0.4, 0.5) is 0 Å². The molecule has 0 aromatic heterocycles. The van der Waals surface area contributed by atoms with Crippen LogP contribution < -0.4 is 10.2 Å². The van der Waals surface area contributed by atoms with Crippen LogP contribution in [0.1, 0.15) is 284 Å². The number of quaternary nitrogens is 1. The number of unbranched alkanes of at least 4 members (excludes halogenated alkanes) is 38. The van der Waals surface area contributed by atoms with Crippen molar-refractivity contribution >= 4 is 13.7 Å². The highest BCUT2D eigenvalue weighted by molar-refractivity contribution is 7.45. The third-order valence-electron chi connectivity index (χ3n) is 13.2. The number of aliphatic hydroxyl groups excluding tert-OH is 1. The van der Waals surface area contributed by atoms with E-state index in [9.17, 15) is 19.4 Å². The van der Waals surface area contributed by atoms with Gasteiger partial charge < -0.3 is 28.8 Å². The van der Waals surface area contributed by atoms with Crippen LogP contribution in [-0.2, 0) is 18.4 Å². The summed E-state index contributed by atoms with van der Waals surface area (Å²) in [4.78, 5) is 25.4. The summed E-state index contributed by atoms with van der Waals surface area (Å²) in [7, 11) is 1.25. The molecule has 3 unspecified atom stereocenters. The fraction of sp³-hybridized carbons (Fsp3) is 0.912. The largest absolute Gasteiger partial charge is 0.756 e. The van der Waals surface area contributed by atoms with E-state index in [-0.39, 0.29) is 19.1 Å². The predicted octanol–water partition coefficient (Wildman–Crippen LogP) is 16.6. The Hall–Kier alpha value is -1.02. The summed E-state index contributed by atoms with van der Waals surface area (Å²) < 4.78 is 23.3.